The van der Waals surface area contributed by atoms with Gasteiger partial charge < -0.3 is 9.88 Å². The second-order valence-corrected chi connectivity index (χ2v) is 5.15. The van der Waals surface area contributed by atoms with Gasteiger partial charge >= 0.3 is 6.36 Å². The van der Waals surface area contributed by atoms with Crippen molar-refractivity contribution in [1.82, 2.24) is 9.88 Å². The second kappa shape index (κ2) is 7.69. The molecule has 0 saturated carbocycles. The maximum Gasteiger partial charge on any atom is 0.522 e. The summed E-state index contributed by atoms with van der Waals surface area (Å²) in [5.41, 5.74) is 1.10. The van der Waals surface area contributed by atoms with E-state index >= 15 is 0 Å². The van der Waals surface area contributed by atoms with Crippen molar-refractivity contribution in [2.24, 2.45) is 5.92 Å². The Morgan fingerprint density at radius 2 is 2.05 bits per heavy atom. The molecule has 1 atom stereocenters. The van der Waals surface area contributed by atoms with E-state index in [-0.39, 0.29) is 19.2 Å². The highest BCUT2D eigenvalue weighted by atomic mass is 19.4. The van der Waals surface area contributed by atoms with Crippen molar-refractivity contribution >= 4 is 0 Å². The van der Waals surface area contributed by atoms with E-state index < -0.39 is 6.36 Å². The van der Waals surface area contributed by atoms with E-state index in [9.17, 15) is 13.2 Å². The van der Waals surface area contributed by atoms with Gasteiger partial charge in [-0.1, -0.05) is 20.8 Å². The molecule has 0 bridgehead atoms. The minimum Gasteiger partial charge on any atom is -0.352 e. The van der Waals surface area contributed by atoms with Crippen LogP contribution in [0.1, 0.15) is 38.8 Å². The van der Waals surface area contributed by atoms with Crippen LogP contribution in [0, 0.1) is 5.92 Å². The Hall–Kier alpha value is -1.01. The van der Waals surface area contributed by atoms with Gasteiger partial charge in [-0.3, -0.25) is 4.74 Å². The van der Waals surface area contributed by atoms with Gasteiger partial charge in [-0.2, -0.15) is 0 Å². The number of rotatable bonds is 8. The molecular weight excluding hydrogens is 269 g/mol. The van der Waals surface area contributed by atoms with Crippen LogP contribution in [-0.2, 0) is 11.3 Å². The quantitative estimate of drug-likeness (QED) is 0.790. The maximum absolute atomic E-state index is 11.9. The van der Waals surface area contributed by atoms with Crippen molar-refractivity contribution in [3.05, 3.63) is 24.0 Å². The third-order valence-corrected chi connectivity index (χ3v) is 3.03. The summed E-state index contributed by atoms with van der Waals surface area (Å²) in [7, 11) is 0. The van der Waals surface area contributed by atoms with E-state index in [0.717, 1.165) is 18.5 Å². The lowest BCUT2D eigenvalue weighted by atomic mass is 9.98. The molecule has 0 aliphatic rings. The van der Waals surface area contributed by atoms with Crippen LogP contribution in [0.15, 0.2) is 18.5 Å². The zero-order valence-corrected chi connectivity index (χ0v) is 12.2. The first kappa shape index (κ1) is 17.0. The number of alkyl halides is 3. The van der Waals surface area contributed by atoms with Gasteiger partial charge in [0.05, 0.1) is 6.61 Å². The number of aromatic nitrogens is 1. The smallest absolute Gasteiger partial charge is 0.352 e. The summed E-state index contributed by atoms with van der Waals surface area (Å²) >= 11 is 0. The normalized spacial score (nSPS) is 13.9. The van der Waals surface area contributed by atoms with Gasteiger partial charge in [-0.15, -0.1) is 13.2 Å². The van der Waals surface area contributed by atoms with Crippen LogP contribution in [0.5, 0.6) is 0 Å². The molecule has 1 aromatic rings. The highest BCUT2D eigenvalue weighted by molar-refractivity contribution is 5.16. The number of hydrogen-bond acceptors (Lipinski definition) is 2. The summed E-state index contributed by atoms with van der Waals surface area (Å²) in [6.45, 7) is 7.09. The Kier molecular flexibility index (Phi) is 6.55. The molecule has 0 saturated heterocycles. The first-order valence-electron chi connectivity index (χ1n) is 6.93. The van der Waals surface area contributed by atoms with Gasteiger partial charge in [0, 0.05) is 25.0 Å². The zero-order chi connectivity index (χ0) is 15.2. The lowest BCUT2D eigenvalue weighted by Gasteiger charge is -2.21. The summed E-state index contributed by atoms with van der Waals surface area (Å²) < 4.78 is 41.2. The monoisotopic (exact) mass is 292 g/mol. The maximum atomic E-state index is 11.9. The molecule has 1 N–H and O–H groups in total. The first-order chi connectivity index (χ1) is 9.33. The third kappa shape index (κ3) is 5.96. The minimum atomic E-state index is -4.56. The SMILES string of the molecule is CCCNC(c1ccn(CCOC(F)(F)F)c1)C(C)C. The molecule has 3 nitrogen and oxygen atoms in total. The van der Waals surface area contributed by atoms with Crippen LogP contribution in [0.3, 0.4) is 0 Å². The van der Waals surface area contributed by atoms with E-state index in [2.05, 4.69) is 30.8 Å². The number of halogens is 3. The van der Waals surface area contributed by atoms with Crippen LogP contribution >= 0.6 is 0 Å². The Labute approximate surface area is 118 Å². The van der Waals surface area contributed by atoms with Gasteiger partial charge in [0.15, 0.2) is 0 Å². The third-order valence-electron chi connectivity index (χ3n) is 3.03. The van der Waals surface area contributed by atoms with Crippen molar-refractivity contribution < 1.29 is 17.9 Å². The van der Waals surface area contributed by atoms with Gasteiger partial charge in [-0.05, 0) is 30.5 Å². The molecule has 0 fully saturated rings. The van der Waals surface area contributed by atoms with Gasteiger partial charge in [-0.25, -0.2) is 0 Å². The summed E-state index contributed by atoms with van der Waals surface area (Å²) in [6, 6.07) is 2.17. The lowest BCUT2D eigenvalue weighted by Crippen LogP contribution is -2.26. The van der Waals surface area contributed by atoms with Gasteiger partial charge in [0.2, 0.25) is 0 Å². The Morgan fingerprint density at radius 1 is 1.35 bits per heavy atom. The minimum absolute atomic E-state index is 0.193. The molecule has 0 amide bonds. The second-order valence-electron chi connectivity index (χ2n) is 5.15. The van der Waals surface area contributed by atoms with Crippen molar-refractivity contribution in [2.45, 2.75) is 46.1 Å². The fraction of sp³-hybridized carbons (Fsp3) is 0.714. The van der Waals surface area contributed by atoms with Crippen LogP contribution in [0.2, 0.25) is 0 Å². The van der Waals surface area contributed by atoms with E-state index in [4.69, 9.17) is 0 Å². The average Bonchev–Trinajstić information content (AvgIpc) is 2.76. The molecule has 0 aromatic carbocycles. The average molecular weight is 292 g/mol. The summed E-state index contributed by atoms with van der Waals surface area (Å²) in [5, 5.41) is 3.45. The predicted octanol–water partition coefficient (Wildman–Crippen LogP) is 3.72. The topological polar surface area (TPSA) is 26.2 Å². The Morgan fingerprint density at radius 3 is 2.60 bits per heavy atom. The van der Waals surface area contributed by atoms with Crippen LogP contribution in [-0.4, -0.2) is 24.1 Å². The lowest BCUT2D eigenvalue weighted by molar-refractivity contribution is -0.325. The van der Waals surface area contributed by atoms with E-state index in [1.165, 1.54) is 0 Å². The molecular formula is C14H23F3N2O. The largest absolute Gasteiger partial charge is 0.522 e. The molecule has 0 spiro atoms. The van der Waals surface area contributed by atoms with E-state index in [0.29, 0.717) is 5.92 Å². The van der Waals surface area contributed by atoms with Crippen molar-refractivity contribution in [2.75, 3.05) is 13.2 Å². The standard InChI is InChI=1S/C14H23F3N2O/c1-4-6-18-13(11(2)3)12-5-7-19(10-12)8-9-20-14(15,16)17/h5,7,10-11,13,18H,4,6,8-9H2,1-3H3. The fourth-order valence-corrected chi connectivity index (χ4v) is 2.09. The molecule has 20 heavy (non-hydrogen) atoms. The zero-order valence-electron chi connectivity index (χ0n) is 12.2. The predicted molar refractivity (Wildman–Crippen MR) is 72.3 cm³/mol. The number of nitrogens with one attached hydrogen (secondary N) is 1. The summed E-state index contributed by atoms with van der Waals surface area (Å²) in [5.74, 6) is 0.420. The molecule has 0 aliphatic carbocycles. The Bertz CT molecular complexity index is 388. The molecule has 116 valence electrons. The van der Waals surface area contributed by atoms with Gasteiger partial charge in [0.25, 0.3) is 0 Å². The molecule has 1 heterocycles. The van der Waals surface area contributed by atoms with Crippen molar-refractivity contribution in [3.8, 4) is 0 Å². The first-order valence-corrected chi connectivity index (χ1v) is 6.93. The molecule has 0 radical (unpaired) electrons. The van der Waals surface area contributed by atoms with Crippen LogP contribution in [0.4, 0.5) is 13.2 Å². The highest BCUT2D eigenvalue weighted by Gasteiger charge is 2.28. The van der Waals surface area contributed by atoms with Crippen LogP contribution < -0.4 is 5.32 Å². The number of hydrogen-bond donors (Lipinski definition) is 1. The van der Waals surface area contributed by atoms with Crippen molar-refractivity contribution in [3.63, 3.8) is 0 Å². The van der Waals surface area contributed by atoms with Gasteiger partial charge in [0.1, 0.15) is 0 Å². The molecule has 0 aliphatic heterocycles. The summed E-state index contributed by atoms with van der Waals surface area (Å²) in [6.07, 6.45) is 0.160. The highest BCUT2D eigenvalue weighted by Crippen LogP contribution is 2.22. The summed E-state index contributed by atoms with van der Waals surface area (Å²) in [4.78, 5) is 0. The molecule has 6 heteroatoms. The molecule has 1 unspecified atom stereocenters. The number of ether oxygens (including phenoxy) is 1. The van der Waals surface area contributed by atoms with E-state index in [1.54, 1.807) is 10.8 Å². The Balaban J connectivity index is 2.55. The molecule has 1 rings (SSSR count). The van der Waals surface area contributed by atoms with Crippen molar-refractivity contribution in [1.29, 1.82) is 0 Å². The van der Waals surface area contributed by atoms with E-state index in [1.807, 2.05) is 12.3 Å². The fourth-order valence-electron chi connectivity index (χ4n) is 2.09. The number of nitrogens with zero attached hydrogens (tertiary/aromatic N) is 1. The molecule has 1 aromatic heterocycles. The van der Waals surface area contributed by atoms with Crippen LogP contribution in [0.25, 0.3) is 0 Å².